The first-order valence-electron chi connectivity index (χ1n) is 10.6. The predicted octanol–water partition coefficient (Wildman–Crippen LogP) is 5.09. The van der Waals surface area contributed by atoms with E-state index in [2.05, 4.69) is 16.8 Å². The summed E-state index contributed by atoms with van der Waals surface area (Å²) in [7, 11) is 0. The summed E-state index contributed by atoms with van der Waals surface area (Å²) >= 11 is 1.68. The Morgan fingerprint density at radius 3 is 2.75 bits per heavy atom. The maximum atomic E-state index is 13.5. The van der Waals surface area contributed by atoms with Gasteiger partial charge in [0.15, 0.2) is 0 Å². The van der Waals surface area contributed by atoms with E-state index < -0.39 is 16.8 Å². The molecule has 5 rings (SSSR count). The van der Waals surface area contributed by atoms with Gasteiger partial charge in [0.25, 0.3) is 0 Å². The van der Waals surface area contributed by atoms with Crippen molar-refractivity contribution in [2.45, 2.75) is 25.6 Å². The molecule has 0 aliphatic carbocycles. The highest BCUT2D eigenvalue weighted by Gasteiger charge is 2.43. The molecule has 3 atom stereocenters. The second-order valence-corrected chi connectivity index (χ2v) is 9.37. The van der Waals surface area contributed by atoms with Crippen LogP contribution in [-0.2, 0) is 11.3 Å². The third-order valence-electron chi connectivity index (χ3n) is 6.45. The number of nitrogens with one attached hydrogen (secondary N) is 1. The number of carboxylic acid groups (broad SMARTS) is 1. The van der Waals surface area contributed by atoms with Gasteiger partial charge in [-0.25, -0.2) is 4.65 Å². The summed E-state index contributed by atoms with van der Waals surface area (Å²) < 4.78 is 4.27. The zero-order chi connectivity index (χ0) is 22.5. The first kappa shape index (κ1) is 21.1. The zero-order valence-corrected chi connectivity index (χ0v) is 18.5. The fourth-order valence-electron chi connectivity index (χ4n) is 4.68. The molecule has 1 amide bonds. The molecule has 166 valence electrons. The molecule has 1 fully saturated rings. The Balaban J connectivity index is 1.77. The van der Waals surface area contributed by atoms with Crippen molar-refractivity contribution in [1.29, 1.82) is 0 Å². The first-order chi connectivity index (χ1) is 15.4. The summed E-state index contributed by atoms with van der Waals surface area (Å²) in [5.41, 5.74) is 12.6. The molecule has 3 heterocycles. The second kappa shape index (κ2) is 7.99. The van der Waals surface area contributed by atoms with Gasteiger partial charge in [0.05, 0.1) is 13.2 Å². The molecule has 2 aromatic carbocycles. The quantitative estimate of drug-likeness (QED) is 0.378. The number of nitrogens with zero attached hydrogens (tertiary/aromatic N) is 1. The number of amides is 1. The van der Waals surface area contributed by atoms with Crippen LogP contribution in [0.4, 0.5) is 10.5 Å². The largest absolute Gasteiger partial charge is 0.622 e. The number of hydroxylamine groups is 3. The molecular formula is C24H25N3O4S. The van der Waals surface area contributed by atoms with E-state index in [0.717, 1.165) is 40.0 Å². The molecule has 8 heteroatoms. The maximum Gasteiger partial charge on any atom is 0.514 e. The minimum atomic E-state index is -1.39. The summed E-state index contributed by atoms with van der Waals surface area (Å²) in [6, 6.07) is 12.9. The van der Waals surface area contributed by atoms with Gasteiger partial charge in [0.2, 0.25) is 0 Å². The highest BCUT2D eigenvalue weighted by atomic mass is 32.1. The Morgan fingerprint density at radius 2 is 2.03 bits per heavy atom. The van der Waals surface area contributed by atoms with E-state index in [1.54, 1.807) is 11.3 Å². The molecule has 32 heavy (non-hydrogen) atoms. The number of morpholine rings is 1. The van der Waals surface area contributed by atoms with Crippen LogP contribution in [0.1, 0.15) is 35.0 Å². The highest BCUT2D eigenvalue weighted by Crippen LogP contribution is 2.49. The van der Waals surface area contributed by atoms with Gasteiger partial charge in [0.1, 0.15) is 19.2 Å². The lowest BCUT2D eigenvalue weighted by atomic mass is 9.84. The molecule has 3 unspecified atom stereocenters. The van der Waals surface area contributed by atoms with Gasteiger partial charge in [-0.05, 0) is 35.6 Å². The number of fused-ring (bicyclic) bond motifs is 3. The van der Waals surface area contributed by atoms with Crippen LogP contribution in [0.3, 0.4) is 0 Å². The average molecular weight is 452 g/mol. The van der Waals surface area contributed by atoms with E-state index in [9.17, 15) is 15.1 Å². The van der Waals surface area contributed by atoms with Crippen molar-refractivity contribution in [2.24, 2.45) is 5.73 Å². The average Bonchev–Trinajstić information content (AvgIpc) is 3.28. The Bertz CT molecular complexity index is 1170. The smallest absolute Gasteiger partial charge is 0.514 e. The molecule has 2 aliphatic heterocycles. The van der Waals surface area contributed by atoms with E-state index in [1.165, 1.54) is 4.88 Å². The zero-order valence-electron chi connectivity index (χ0n) is 17.7. The van der Waals surface area contributed by atoms with Crippen LogP contribution >= 0.6 is 11.3 Å². The molecule has 0 saturated carbocycles. The van der Waals surface area contributed by atoms with Gasteiger partial charge >= 0.3 is 6.09 Å². The molecule has 4 N–H and O–H groups in total. The van der Waals surface area contributed by atoms with E-state index in [-0.39, 0.29) is 25.8 Å². The fraction of sp³-hybridized carbons (Fsp3) is 0.292. The number of benzene rings is 2. The summed E-state index contributed by atoms with van der Waals surface area (Å²) in [5, 5.41) is 28.8. The first-order valence-corrected chi connectivity index (χ1v) is 11.5. The van der Waals surface area contributed by atoms with Crippen molar-refractivity contribution in [3.63, 3.8) is 0 Å². The Morgan fingerprint density at radius 1 is 1.25 bits per heavy atom. The molecule has 0 bridgehead atoms. The molecule has 7 nitrogen and oxygen atoms in total. The molecule has 2 aliphatic rings. The van der Waals surface area contributed by atoms with Crippen LogP contribution in [0, 0.1) is 5.21 Å². The van der Waals surface area contributed by atoms with Gasteiger partial charge in [0, 0.05) is 38.9 Å². The third kappa shape index (κ3) is 3.32. The van der Waals surface area contributed by atoms with E-state index >= 15 is 0 Å². The fourth-order valence-corrected chi connectivity index (χ4v) is 5.50. The Kier molecular flexibility index (Phi) is 5.27. The molecular weight excluding hydrogens is 426 g/mol. The van der Waals surface area contributed by atoms with Crippen LogP contribution < -0.4 is 11.1 Å². The number of anilines is 1. The van der Waals surface area contributed by atoms with Crippen molar-refractivity contribution in [3.05, 3.63) is 69.1 Å². The molecule has 0 spiro atoms. The third-order valence-corrected chi connectivity index (χ3v) is 7.37. The topological polar surface area (TPSA) is 108 Å². The summed E-state index contributed by atoms with van der Waals surface area (Å²) in [5.74, 6) is 0. The lowest BCUT2D eigenvalue weighted by Gasteiger charge is -2.46. The van der Waals surface area contributed by atoms with Crippen molar-refractivity contribution in [1.82, 2.24) is 0 Å². The van der Waals surface area contributed by atoms with Gasteiger partial charge < -0.3 is 26.1 Å². The number of hydrogen-bond donors (Lipinski definition) is 3. The van der Waals surface area contributed by atoms with Gasteiger partial charge in [-0.2, -0.15) is 4.79 Å². The lowest BCUT2D eigenvalue weighted by Crippen LogP contribution is -2.55. The predicted molar refractivity (Wildman–Crippen MR) is 125 cm³/mol. The summed E-state index contributed by atoms with van der Waals surface area (Å²) in [6.07, 6.45) is -1.39. The van der Waals surface area contributed by atoms with E-state index in [1.807, 2.05) is 43.3 Å². The summed E-state index contributed by atoms with van der Waals surface area (Å²) in [4.78, 5) is 13.3. The number of hydrogen-bond acceptors (Lipinski definition) is 6. The number of thiophene rings is 1. The van der Waals surface area contributed by atoms with Gasteiger partial charge in [-0.3, -0.25) is 0 Å². The van der Waals surface area contributed by atoms with Crippen molar-refractivity contribution in [2.75, 3.05) is 25.1 Å². The minimum absolute atomic E-state index is 0.0590. The van der Waals surface area contributed by atoms with Crippen molar-refractivity contribution in [3.8, 4) is 22.3 Å². The Labute approximate surface area is 190 Å². The standard InChI is InChI=1S/C24H25N3O4S/c1-14(25)15-2-4-16(5-3-15)22-17(20-13-31-10-9-27(20,30)24(28)29)6-7-19-23(22)18-8-11-32-21(18)12-26-19/h2-8,11,14,20,26H,9-10,12-13,25H2,1H3,(H,28,29). The molecule has 1 aromatic heterocycles. The van der Waals surface area contributed by atoms with Crippen LogP contribution in [-0.4, -0.2) is 35.6 Å². The van der Waals surface area contributed by atoms with Crippen LogP contribution in [0.15, 0.2) is 47.8 Å². The Hall–Kier alpha value is -2.75. The van der Waals surface area contributed by atoms with Crippen LogP contribution in [0.5, 0.6) is 0 Å². The highest BCUT2D eigenvalue weighted by molar-refractivity contribution is 7.10. The van der Waals surface area contributed by atoms with Crippen LogP contribution in [0.2, 0.25) is 0 Å². The number of quaternary nitrogens is 1. The van der Waals surface area contributed by atoms with Crippen molar-refractivity contribution < 1.29 is 19.3 Å². The maximum absolute atomic E-state index is 13.5. The van der Waals surface area contributed by atoms with Gasteiger partial charge in [-0.1, -0.05) is 30.3 Å². The lowest BCUT2D eigenvalue weighted by molar-refractivity contribution is -0.850. The normalized spacial score (nSPS) is 23.0. The summed E-state index contributed by atoms with van der Waals surface area (Å²) in [6.45, 7) is 2.74. The number of ether oxygens (including phenoxy) is 1. The van der Waals surface area contributed by atoms with Gasteiger partial charge in [-0.15, -0.1) is 11.3 Å². The van der Waals surface area contributed by atoms with E-state index in [4.69, 9.17) is 10.5 Å². The van der Waals surface area contributed by atoms with E-state index in [0.29, 0.717) is 5.56 Å². The number of nitrogens with two attached hydrogens (primary N) is 1. The monoisotopic (exact) mass is 451 g/mol. The van der Waals surface area contributed by atoms with Crippen LogP contribution in [0.25, 0.3) is 22.3 Å². The second-order valence-electron chi connectivity index (χ2n) is 8.37. The SMILES string of the molecule is CC(N)c1ccc(-c2c(C3COCC[N+]3([O-])C(=O)O)ccc3c2-c2ccsc2CN3)cc1. The molecule has 0 radical (unpaired) electrons. The minimum Gasteiger partial charge on any atom is -0.622 e. The number of carbonyl (C=O) groups is 1. The molecule has 3 aromatic rings. The van der Waals surface area contributed by atoms with Crippen molar-refractivity contribution >= 4 is 23.1 Å². The molecule has 1 saturated heterocycles. The number of rotatable bonds is 3.